The van der Waals surface area contributed by atoms with E-state index in [1.807, 2.05) is 28.7 Å². The van der Waals surface area contributed by atoms with Crippen molar-refractivity contribution in [2.45, 2.75) is 26.0 Å². The molecule has 1 N–H and O–H groups in total. The lowest BCUT2D eigenvalue weighted by Gasteiger charge is -1.95. The number of nitrogens with zero attached hydrogens (tertiary/aromatic N) is 3. The first-order valence-corrected chi connectivity index (χ1v) is 4.30. The first-order chi connectivity index (χ1) is 6.27. The number of nitriles is 1. The summed E-state index contributed by atoms with van der Waals surface area (Å²) >= 11 is 0. The summed E-state index contributed by atoms with van der Waals surface area (Å²) < 4.78 is 3.87. The number of hydrogen-bond acceptors (Lipinski definition) is 2. The Morgan fingerprint density at radius 1 is 1.64 bits per heavy atom. The normalized spacial score (nSPS) is 9.21. The Morgan fingerprint density at radius 3 is 2.93 bits per heavy atom. The maximum Gasteiger partial charge on any atom is 0.243 e. The van der Waals surface area contributed by atoms with Gasteiger partial charge in [-0.3, -0.25) is 0 Å². The lowest BCUT2D eigenvalue weighted by atomic mass is 10.3. The first-order valence-electron chi connectivity index (χ1n) is 4.30. The van der Waals surface area contributed by atoms with E-state index in [9.17, 15) is 0 Å². The van der Waals surface area contributed by atoms with Crippen molar-refractivity contribution in [1.82, 2.24) is 4.57 Å². The zero-order valence-corrected chi connectivity index (χ0v) is 9.74. The van der Waals surface area contributed by atoms with Gasteiger partial charge >= 0.3 is 0 Å². The standard InChI is InChI=1S/C9H14N3O.BrH/c1-11-6-9(7-13)12(8-11)5-3-2-4-10;/h6,8,13H,2-3,5,7H2,1H3;1H/q+1;/p-1. The topological polar surface area (TPSA) is 52.8 Å². The molecule has 0 spiro atoms. The maximum atomic E-state index is 8.99. The highest BCUT2D eigenvalue weighted by atomic mass is 79.9. The molecule has 5 heteroatoms. The van der Waals surface area contributed by atoms with Gasteiger partial charge in [-0.2, -0.15) is 5.26 Å². The number of aromatic nitrogens is 2. The zero-order valence-electron chi connectivity index (χ0n) is 8.15. The van der Waals surface area contributed by atoms with Gasteiger partial charge in [-0.05, 0) is 6.42 Å². The summed E-state index contributed by atoms with van der Waals surface area (Å²) in [5.41, 5.74) is 0.889. The molecule has 1 rings (SSSR count). The molecule has 78 valence electrons. The van der Waals surface area contributed by atoms with Gasteiger partial charge in [0.05, 0.1) is 19.7 Å². The molecule has 0 aromatic carbocycles. The average Bonchev–Trinajstić information content (AvgIpc) is 2.47. The number of hydrogen-bond donors (Lipinski definition) is 1. The van der Waals surface area contributed by atoms with Crippen LogP contribution in [0.4, 0.5) is 0 Å². The smallest absolute Gasteiger partial charge is 0.243 e. The summed E-state index contributed by atoms with van der Waals surface area (Å²) in [5.74, 6) is 0. The van der Waals surface area contributed by atoms with Gasteiger partial charge in [0.2, 0.25) is 6.33 Å². The van der Waals surface area contributed by atoms with Crippen molar-refractivity contribution in [3.8, 4) is 6.07 Å². The number of aliphatic hydroxyl groups excluding tert-OH is 1. The van der Waals surface area contributed by atoms with E-state index >= 15 is 0 Å². The van der Waals surface area contributed by atoms with Gasteiger partial charge in [0, 0.05) is 6.42 Å². The largest absolute Gasteiger partial charge is 1.00 e. The molecular formula is C9H14BrN3O. The van der Waals surface area contributed by atoms with Crippen molar-refractivity contribution >= 4 is 0 Å². The summed E-state index contributed by atoms with van der Waals surface area (Å²) in [6.07, 6.45) is 5.19. The summed E-state index contributed by atoms with van der Waals surface area (Å²) in [7, 11) is 1.92. The molecule has 0 atom stereocenters. The number of aliphatic hydroxyl groups is 1. The van der Waals surface area contributed by atoms with Gasteiger partial charge in [0.25, 0.3) is 0 Å². The highest BCUT2D eigenvalue weighted by Crippen LogP contribution is 2.00. The van der Waals surface area contributed by atoms with E-state index in [1.165, 1.54) is 0 Å². The Morgan fingerprint density at radius 2 is 2.36 bits per heavy atom. The molecule has 0 unspecified atom stereocenters. The van der Waals surface area contributed by atoms with E-state index in [2.05, 4.69) is 6.07 Å². The quantitative estimate of drug-likeness (QED) is 0.467. The van der Waals surface area contributed by atoms with Gasteiger partial charge in [-0.15, -0.1) is 0 Å². The van der Waals surface area contributed by atoms with Crippen molar-refractivity contribution in [3.63, 3.8) is 0 Å². The summed E-state index contributed by atoms with van der Waals surface area (Å²) in [6.45, 7) is 0.845. The fourth-order valence-corrected chi connectivity index (χ4v) is 1.30. The van der Waals surface area contributed by atoms with Crippen molar-refractivity contribution in [1.29, 1.82) is 5.26 Å². The van der Waals surface area contributed by atoms with Gasteiger partial charge < -0.3 is 22.1 Å². The minimum absolute atomic E-state index is 0. The minimum atomic E-state index is 0. The Balaban J connectivity index is 0.00000169. The third kappa shape index (κ3) is 3.48. The van der Waals surface area contributed by atoms with E-state index in [4.69, 9.17) is 10.4 Å². The maximum absolute atomic E-state index is 8.99. The third-order valence-corrected chi connectivity index (χ3v) is 1.89. The molecule has 0 saturated carbocycles. The number of aryl methyl sites for hydroxylation is 2. The lowest BCUT2D eigenvalue weighted by Crippen LogP contribution is -3.00. The highest BCUT2D eigenvalue weighted by molar-refractivity contribution is 4.91. The Labute approximate surface area is 94.2 Å². The second-order valence-corrected chi connectivity index (χ2v) is 3.01. The molecule has 4 nitrogen and oxygen atoms in total. The molecule has 0 aliphatic heterocycles. The molecule has 1 aromatic rings. The summed E-state index contributed by atoms with van der Waals surface area (Å²) in [5, 5.41) is 17.4. The van der Waals surface area contributed by atoms with Crippen molar-refractivity contribution in [3.05, 3.63) is 18.2 Å². The third-order valence-electron chi connectivity index (χ3n) is 1.89. The van der Waals surface area contributed by atoms with Crippen LogP contribution in [-0.4, -0.2) is 9.67 Å². The zero-order chi connectivity index (χ0) is 9.68. The van der Waals surface area contributed by atoms with Crippen LogP contribution in [0.5, 0.6) is 0 Å². The molecule has 1 aromatic heterocycles. The highest BCUT2D eigenvalue weighted by Gasteiger charge is 2.09. The van der Waals surface area contributed by atoms with Crippen LogP contribution >= 0.6 is 0 Å². The Hall–Kier alpha value is -0.860. The number of unbranched alkanes of at least 4 members (excludes halogenated alkanes) is 1. The second kappa shape index (κ2) is 6.57. The predicted octanol–water partition coefficient (Wildman–Crippen LogP) is -2.89. The molecule has 0 aliphatic rings. The van der Waals surface area contributed by atoms with Crippen LogP contribution in [0, 0.1) is 11.3 Å². The van der Waals surface area contributed by atoms with E-state index in [0.717, 1.165) is 18.7 Å². The summed E-state index contributed by atoms with van der Waals surface area (Å²) in [4.78, 5) is 0. The second-order valence-electron chi connectivity index (χ2n) is 3.01. The van der Waals surface area contributed by atoms with E-state index in [0.29, 0.717) is 6.42 Å². The summed E-state index contributed by atoms with van der Waals surface area (Å²) in [6, 6.07) is 2.10. The number of halogens is 1. The molecule has 0 amide bonds. The van der Waals surface area contributed by atoms with Crippen LogP contribution in [-0.2, 0) is 20.2 Å². The number of rotatable bonds is 4. The predicted molar refractivity (Wildman–Crippen MR) is 46.4 cm³/mol. The Bertz CT molecular complexity index is 316. The van der Waals surface area contributed by atoms with E-state index in [-0.39, 0.29) is 23.6 Å². The van der Waals surface area contributed by atoms with Crippen LogP contribution < -0.4 is 21.5 Å². The molecule has 0 saturated heterocycles. The van der Waals surface area contributed by atoms with Crippen LogP contribution in [0.3, 0.4) is 0 Å². The van der Waals surface area contributed by atoms with E-state index < -0.39 is 0 Å². The van der Waals surface area contributed by atoms with Gasteiger partial charge in [-0.1, -0.05) is 0 Å². The lowest BCUT2D eigenvalue weighted by molar-refractivity contribution is -0.671. The molecular weight excluding hydrogens is 246 g/mol. The van der Waals surface area contributed by atoms with Gasteiger partial charge in [-0.25, -0.2) is 9.13 Å². The molecule has 0 aliphatic carbocycles. The number of imidazole rings is 1. The monoisotopic (exact) mass is 259 g/mol. The molecule has 14 heavy (non-hydrogen) atoms. The first kappa shape index (κ1) is 13.1. The van der Waals surface area contributed by atoms with Crippen LogP contribution in [0.15, 0.2) is 12.5 Å². The average molecular weight is 260 g/mol. The molecule has 0 bridgehead atoms. The fourth-order valence-electron chi connectivity index (χ4n) is 1.30. The molecule has 0 fully saturated rings. The molecule has 1 heterocycles. The van der Waals surface area contributed by atoms with Crippen molar-refractivity contribution < 1.29 is 26.7 Å². The van der Waals surface area contributed by atoms with Crippen LogP contribution in [0.25, 0.3) is 0 Å². The van der Waals surface area contributed by atoms with E-state index in [1.54, 1.807) is 0 Å². The van der Waals surface area contributed by atoms with Crippen LogP contribution in [0.2, 0.25) is 0 Å². The van der Waals surface area contributed by atoms with Crippen LogP contribution in [0.1, 0.15) is 18.5 Å². The Kier molecular flexibility index (Phi) is 6.17. The van der Waals surface area contributed by atoms with Crippen molar-refractivity contribution in [2.75, 3.05) is 0 Å². The molecule has 0 radical (unpaired) electrons. The van der Waals surface area contributed by atoms with Gasteiger partial charge in [0.1, 0.15) is 12.8 Å². The van der Waals surface area contributed by atoms with Gasteiger partial charge in [0.15, 0.2) is 5.69 Å². The SMILES string of the molecule is C[n+]1cc(CO)n(CCCC#N)c1.[Br-]. The van der Waals surface area contributed by atoms with Crippen molar-refractivity contribution in [2.24, 2.45) is 7.05 Å². The fraction of sp³-hybridized carbons (Fsp3) is 0.556. The minimum Gasteiger partial charge on any atom is -1.00 e.